The summed E-state index contributed by atoms with van der Waals surface area (Å²) in [6.45, 7) is 1.90. The number of alkyl halides is 3. The number of methoxy groups -OCH3 is 1. The van der Waals surface area contributed by atoms with Crippen molar-refractivity contribution in [2.75, 3.05) is 13.7 Å². The number of carbonyl (C=O) groups is 4. The molecule has 2 aromatic carbocycles. The number of hydrogen-bond donors (Lipinski definition) is 0. The van der Waals surface area contributed by atoms with Gasteiger partial charge in [0.2, 0.25) is 11.8 Å². The topological polar surface area (TPSA) is 87.2 Å². The third-order valence-electron chi connectivity index (χ3n) is 5.76. The number of amides is 3. The van der Waals surface area contributed by atoms with Crippen molar-refractivity contribution in [1.82, 2.24) is 14.9 Å². The van der Waals surface area contributed by atoms with Gasteiger partial charge in [-0.3, -0.25) is 19.2 Å². The number of hydrazine groups is 1. The second kappa shape index (κ2) is 11.4. The molecule has 0 N–H and O–H groups in total. The molecule has 3 rings (SSSR count). The van der Waals surface area contributed by atoms with Crippen LogP contribution in [0.5, 0.6) is 0 Å². The molecule has 0 aromatic heterocycles. The maximum Gasteiger partial charge on any atom is 0.452 e. The summed E-state index contributed by atoms with van der Waals surface area (Å²) in [6, 6.07) is 12.6. The summed E-state index contributed by atoms with van der Waals surface area (Å²) >= 11 is 0. The van der Waals surface area contributed by atoms with Crippen LogP contribution in [0.25, 0.3) is 5.70 Å². The van der Waals surface area contributed by atoms with Gasteiger partial charge in [-0.05, 0) is 5.56 Å². The molecule has 196 valence electrons. The molecule has 0 bridgehead atoms. The van der Waals surface area contributed by atoms with Crippen molar-refractivity contribution in [2.24, 2.45) is 0 Å². The third kappa shape index (κ3) is 6.05. The van der Waals surface area contributed by atoms with E-state index in [9.17, 15) is 32.3 Å². The van der Waals surface area contributed by atoms with Crippen LogP contribution in [0, 0.1) is 0 Å². The lowest BCUT2D eigenvalue weighted by atomic mass is 10.0. The van der Waals surface area contributed by atoms with Gasteiger partial charge in [-0.1, -0.05) is 60.7 Å². The molecule has 1 aliphatic heterocycles. The molecule has 37 heavy (non-hydrogen) atoms. The van der Waals surface area contributed by atoms with Gasteiger partial charge in [0, 0.05) is 39.1 Å². The molecule has 2 atom stereocenters. The summed E-state index contributed by atoms with van der Waals surface area (Å²) in [6.07, 6.45) is -4.52. The number of nitrogens with zero attached hydrogens (tertiary/aromatic N) is 3. The Hall–Kier alpha value is -3.99. The van der Waals surface area contributed by atoms with Gasteiger partial charge in [-0.25, -0.2) is 10.0 Å². The van der Waals surface area contributed by atoms with Gasteiger partial charge in [0.25, 0.3) is 11.7 Å². The normalized spacial score (nSPS) is 16.8. The minimum Gasteiger partial charge on any atom is -0.382 e. The molecule has 0 radical (unpaired) electrons. The third-order valence-corrected chi connectivity index (χ3v) is 5.76. The van der Waals surface area contributed by atoms with Crippen LogP contribution >= 0.6 is 0 Å². The maximum absolute atomic E-state index is 13.8. The molecule has 0 spiro atoms. The molecule has 0 saturated carbocycles. The van der Waals surface area contributed by atoms with E-state index in [1.54, 1.807) is 48.5 Å². The first-order chi connectivity index (χ1) is 17.5. The van der Waals surface area contributed by atoms with Crippen molar-refractivity contribution in [3.8, 4) is 0 Å². The van der Waals surface area contributed by atoms with Gasteiger partial charge in [-0.15, -0.1) is 0 Å². The van der Waals surface area contributed by atoms with Crippen molar-refractivity contribution in [3.05, 3.63) is 78.0 Å². The van der Waals surface area contributed by atoms with Gasteiger partial charge >= 0.3 is 6.18 Å². The number of hydrogen-bond acceptors (Lipinski definition) is 5. The number of ketones is 1. The molecular weight excluding hydrogens is 491 g/mol. The van der Waals surface area contributed by atoms with E-state index in [4.69, 9.17) is 4.74 Å². The zero-order valence-electron chi connectivity index (χ0n) is 20.4. The lowest BCUT2D eigenvalue weighted by molar-refractivity contribution is -0.187. The SMILES string of the molecule is COCC1C(=O)N(N(C(C)=O)C(Cc2ccccc2)C(=O)C(F)(F)F)C(c2ccccc2)=CN1C(C)=O. The Bertz CT molecular complexity index is 1180. The number of rotatable bonds is 8. The van der Waals surface area contributed by atoms with Gasteiger partial charge < -0.3 is 9.64 Å². The Morgan fingerprint density at radius 3 is 2.05 bits per heavy atom. The molecule has 0 fully saturated rings. The molecule has 2 aromatic rings. The summed E-state index contributed by atoms with van der Waals surface area (Å²) in [5.74, 6) is -4.59. The van der Waals surface area contributed by atoms with Crippen molar-refractivity contribution < 1.29 is 37.1 Å². The lowest BCUT2D eigenvalue weighted by Crippen LogP contribution is -2.64. The van der Waals surface area contributed by atoms with E-state index >= 15 is 0 Å². The van der Waals surface area contributed by atoms with Crippen molar-refractivity contribution in [1.29, 1.82) is 0 Å². The van der Waals surface area contributed by atoms with E-state index in [2.05, 4.69) is 0 Å². The smallest absolute Gasteiger partial charge is 0.382 e. The molecule has 3 amide bonds. The molecule has 0 aliphatic carbocycles. The Labute approximate surface area is 211 Å². The zero-order valence-corrected chi connectivity index (χ0v) is 20.4. The first kappa shape index (κ1) is 27.6. The van der Waals surface area contributed by atoms with E-state index in [0.29, 0.717) is 16.1 Å². The maximum atomic E-state index is 13.8. The van der Waals surface area contributed by atoms with Crippen LogP contribution in [-0.2, 0) is 30.3 Å². The van der Waals surface area contributed by atoms with Crippen molar-refractivity contribution in [2.45, 2.75) is 38.5 Å². The average Bonchev–Trinajstić information content (AvgIpc) is 2.85. The summed E-state index contributed by atoms with van der Waals surface area (Å²) in [5.41, 5.74) is 0.642. The molecular formula is C26H26F3N3O5. The van der Waals surface area contributed by atoms with Crippen LogP contribution in [0.4, 0.5) is 13.2 Å². The quantitative estimate of drug-likeness (QED) is 0.537. The van der Waals surface area contributed by atoms with Crippen LogP contribution in [0.15, 0.2) is 66.9 Å². The largest absolute Gasteiger partial charge is 0.452 e. The van der Waals surface area contributed by atoms with E-state index in [-0.39, 0.29) is 12.3 Å². The minimum atomic E-state index is -5.29. The lowest BCUT2D eigenvalue weighted by Gasteiger charge is -2.45. The number of ether oxygens (including phenoxy) is 1. The second-order valence-electron chi connectivity index (χ2n) is 8.36. The van der Waals surface area contributed by atoms with Gasteiger partial charge in [-0.2, -0.15) is 13.2 Å². The molecule has 1 heterocycles. The summed E-state index contributed by atoms with van der Waals surface area (Å²) in [4.78, 5) is 53.0. The number of carbonyl (C=O) groups excluding carboxylic acids is 4. The van der Waals surface area contributed by atoms with Crippen LogP contribution < -0.4 is 0 Å². The number of Topliss-reactive ketones (excluding diaryl/α,β-unsaturated/α-hetero) is 1. The average molecular weight is 518 g/mol. The zero-order chi connectivity index (χ0) is 27.3. The van der Waals surface area contributed by atoms with Gasteiger partial charge in [0.15, 0.2) is 0 Å². The Morgan fingerprint density at radius 2 is 1.57 bits per heavy atom. The van der Waals surface area contributed by atoms with Gasteiger partial charge in [0.05, 0.1) is 12.3 Å². The van der Waals surface area contributed by atoms with Crippen LogP contribution in [-0.4, -0.2) is 70.4 Å². The Morgan fingerprint density at radius 1 is 1.00 bits per heavy atom. The second-order valence-corrected chi connectivity index (χ2v) is 8.36. The van der Waals surface area contributed by atoms with Crippen LogP contribution in [0.2, 0.25) is 0 Å². The highest BCUT2D eigenvalue weighted by molar-refractivity contribution is 6.00. The highest BCUT2D eigenvalue weighted by atomic mass is 19.4. The van der Waals surface area contributed by atoms with E-state index < -0.39 is 48.2 Å². The number of halogens is 3. The minimum absolute atomic E-state index is 0.0450. The first-order valence-corrected chi connectivity index (χ1v) is 11.3. The molecule has 1 aliphatic rings. The Balaban J connectivity index is 2.25. The first-order valence-electron chi connectivity index (χ1n) is 11.3. The fourth-order valence-corrected chi connectivity index (χ4v) is 4.12. The van der Waals surface area contributed by atoms with E-state index in [1.807, 2.05) is 0 Å². The summed E-state index contributed by atoms with van der Waals surface area (Å²) < 4.78 is 46.5. The molecule has 0 saturated heterocycles. The summed E-state index contributed by atoms with van der Waals surface area (Å²) in [5, 5.41) is 1.29. The fraction of sp³-hybridized carbons (Fsp3) is 0.308. The van der Waals surface area contributed by atoms with Crippen LogP contribution in [0.3, 0.4) is 0 Å². The standard InChI is InChI=1S/C26H26F3N3O5/c1-17(33)30-15-22(20-12-8-5-9-13-20)32(25(36)23(30)16-37-3)31(18(2)34)21(24(35)26(27,28)29)14-19-10-6-4-7-11-19/h4-13,15,21,23H,14,16H2,1-3H3. The van der Waals surface area contributed by atoms with Crippen LogP contribution in [0.1, 0.15) is 25.0 Å². The highest BCUT2D eigenvalue weighted by Gasteiger charge is 2.51. The van der Waals surface area contributed by atoms with E-state index in [1.165, 1.54) is 32.4 Å². The predicted molar refractivity (Wildman–Crippen MR) is 127 cm³/mol. The molecule has 8 nitrogen and oxygen atoms in total. The van der Waals surface area contributed by atoms with Crippen molar-refractivity contribution >= 4 is 29.2 Å². The monoisotopic (exact) mass is 517 g/mol. The van der Waals surface area contributed by atoms with Gasteiger partial charge in [0.1, 0.15) is 12.1 Å². The number of benzene rings is 2. The van der Waals surface area contributed by atoms with Crippen molar-refractivity contribution in [3.63, 3.8) is 0 Å². The highest BCUT2D eigenvalue weighted by Crippen LogP contribution is 2.33. The predicted octanol–water partition coefficient (Wildman–Crippen LogP) is 3.20. The Kier molecular flexibility index (Phi) is 8.49. The van der Waals surface area contributed by atoms with E-state index in [0.717, 1.165) is 16.8 Å². The molecule has 2 unspecified atom stereocenters. The summed E-state index contributed by atoms with van der Waals surface area (Å²) in [7, 11) is 1.29. The molecule has 11 heteroatoms. The fourth-order valence-electron chi connectivity index (χ4n) is 4.12.